The second kappa shape index (κ2) is 4.85. The van der Waals surface area contributed by atoms with Gasteiger partial charge < -0.3 is 15.2 Å². The molecule has 1 aromatic heterocycles. The summed E-state index contributed by atoms with van der Waals surface area (Å²) in [6.45, 7) is 1.88. The van der Waals surface area contributed by atoms with Crippen LogP contribution in [0.15, 0.2) is 12.1 Å². The zero-order valence-corrected chi connectivity index (χ0v) is 11.8. The molecular formula is C15H22N4. The highest BCUT2D eigenvalue weighted by molar-refractivity contribution is 5.80. The highest BCUT2D eigenvalue weighted by atomic mass is 15.2. The highest BCUT2D eigenvalue weighted by Gasteiger charge is 2.14. The number of hydrogen-bond acceptors (Lipinski definition) is 3. The van der Waals surface area contributed by atoms with Crippen LogP contribution in [0, 0.1) is 0 Å². The number of rotatable bonds is 3. The Morgan fingerprint density at radius 2 is 1.89 bits per heavy atom. The topological polar surface area (TPSA) is 47.1 Å². The van der Waals surface area contributed by atoms with Crippen molar-refractivity contribution in [3.05, 3.63) is 23.3 Å². The zero-order chi connectivity index (χ0) is 13.4. The largest absolute Gasteiger partial charge is 0.369 e. The van der Waals surface area contributed by atoms with E-state index in [0.717, 1.165) is 18.6 Å². The first-order valence-electron chi connectivity index (χ1n) is 7.07. The molecule has 0 saturated carbocycles. The van der Waals surface area contributed by atoms with E-state index in [1.54, 1.807) is 0 Å². The molecule has 0 atom stereocenters. The SMILES string of the molecule is CN(C)CCn1c(N)nc2cc3c(cc21)CCCC3. The van der Waals surface area contributed by atoms with Crippen molar-refractivity contribution in [2.75, 3.05) is 26.4 Å². The molecule has 4 heteroatoms. The van der Waals surface area contributed by atoms with Crippen molar-refractivity contribution in [2.45, 2.75) is 32.2 Å². The van der Waals surface area contributed by atoms with Crippen molar-refractivity contribution in [1.82, 2.24) is 14.5 Å². The number of nitrogens with zero attached hydrogens (tertiary/aromatic N) is 3. The van der Waals surface area contributed by atoms with E-state index in [2.05, 4.69) is 40.7 Å². The van der Waals surface area contributed by atoms with Crippen LogP contribution in [0.4, 0.5) is 5.95 Å². The fourth-order valence-corrected chi connectivity index (χ4v) is 2.91. The van der Waals surface area contributed by atoms with Gasteiger partial charge in [-0.1, -0.05) is 0 Å². The summed E-state index contributed by atoms with van der Waals surface area (Å²) < 4.78 is 2.14. The third-order valence-electron chi connectivity index (χ3n) is 4.01. The monoisotopic (exact) mass is 258 g/mol. The van der Waals surface area contributed by atoms with E-state index >= 15 is 0 Å². The van der Waals surface area contributed by atoms with Gasteiger partial charge in [0.25, 0.3) is 0 Å². The van der Waals surface area contributed by atoms with Crippen molar-refractivity contribution in [2.24, 2.45) is 0 Å². The molecule has 0 fully saturated rings. The van der Waals surface area contributed by atoms with E-state index < -0.39 is 0 Å². The molecule has 0 unspecified atom stereocenters. The van der Waals surface area contributed by atoms with Gasteiger partial charge in [0.15, 0.2) is 0 Å². The molecule has 3 rings (SSSR count). The normalized spacial score (nSPS) is 15.1. The number of benzene rings is 1. The molecule has 0 spiro atoms. The second-order valence-electron chi connectivity index (χ2n) is 5.74. The smallest absolute Gasteiger partial charge is 0.201 e. The number of fused-ring (bicyclic) bond motifs is 2. The molecule has 0 saturated heterocycles. The first kappa shape index (κ1) is 12.5. The first-order chi connectivity index (χ1) is 9.15. The third-order valence-corrected chi connectivity index (χ3v) is 4.01. The van der Waals surface area contributed by atoms with Crippen molar-refractivity contribution >= 4 is 17.0 Å². The number of aryl methyl sites for hydroxylation is 2. The Balaban J connectivity index is 2.04. The van der Waals surface area contributed by atoms with Crippen LogP contribution in [0.1, 0.15) is 24.0 Å². The van der Waals surface area contributed by atoms with Gasteiger partial charge in [0, 0.05) is 13.1 Å². The van der Waals surface area contributed by atoms with Gasteiger partial charge in [0.05, 0.1) is 11.0 Å². The van der Waals surface area contributed by atoms with Crippen LogP contribution < -0.4 is 5.73 Å². The summed E-state index contributed by atoms with van der Waals surface area (Å²) in [5.74, 6) is 0.638. The van der Waals surface area contributed by atoms with E-state index in [1.165, 1.54) is 42.3 Å². The Labute approximate surface area is 114 Å². The fourth-order valence-electron chi connectivity index (χ4n) is 2.91. The number of aromatic nitrogens is 2. The Morgan fingerprint density at radius 1 is 1.21 bits per heavy atom. The van der Waals surface area contributed by atoms with Crippen molar-refractivity contribution < 1.29 is 0 Å². The molecule has 0 aliphatic heterocycles. The lowest BCUT2D eigenvalue weighted by molar-refractivity contribution is 0.387. The van der Waals surface area contributed by atoms with Gasteiger partial charge in [0.1, 0.15) is 0 Å². The minimum Gasteiger partial charge on any atom is -0.369 e. The third kappa shape index (κ3) is 2.32. The molecule has 1 heterocycles. The summed E-state index contributed by atoms with van der Waals surface area (Å²) in [7, 11) is 4.16. The molecular weight excluding hydrogens is 236 g/mol. The fraction of sp³-hybridized carbons (Fsp3) is 0.533. The molecule has 0 bridgehead atoms. The van der Waals surface area contributed by atoms with Crippen molar-refractivity contribution in [1.29, 1.82) is 0 Å². The molecule has 102 valence electrons. The van der Waals surface area contributed by atoms with Crippen LogP contribution in [-0.2, 0) is 19.4 Å². The maximum atomic E-state index is 6.07. The molecule has 0 amide bonds. The molecule has 1 aromatic carbocycles. The van der Waals surface area contributed by atoms with Crippen LogP contribution in [-0.4, -0.2) is 35.1 Å². The molecule has 2 aromatic rings. The number of anilines is 1. The van der Waals surface area contributed by atoms with Crippen LogP contribution in [0.5, 0.6) is 0 Å². The summed E-state index contributed by atoms with van der Waals surface area (Å²) in [4.78, 5) is 6.69. The van der Waals surface area contributed by atoms with E-state index in [0.29, 0.717) is 5.95 Å². The maximum absolute atomic E-state index is 6.07. The molecule has 0 radical (unpaired) electrons. The zero-order valence-electron chi connectivity index (χ0n) is 11.8. The maximum Gasteiger partial charge on any atom is 0.201 e. The number of likely N-dealkylation sites (N-methyl/N-ethyl adjacent to an activating group) is 1. The van der Waals surface area contributed by atoms with E-state index in [9.17, 15) is 0 Å². The van der Waals surface area contributed by atoms with E-state index in [4.69, 9.17) is 5.73 Å². The molecule has 1 aliphatic rings. The number of hydrogen-bond donors (Lipinski definition) is 1. The average Bonchev–Trinajstić information content (AvgIpc) is 2.68. The summed E-state index contributed by atoms with van der Waals surface area (Å²) in [5, 5.41) is 0. The van der Waals surface area contributed by atoms with Crippen LogP contribution in [0.3, 0.4) is 0 Å². The predicted octanol–water partition coefficient (Wildman–Crippen LogP) is 2.06. The quantitative estimate of drug-likeness (QED) is 0.916. The summed E-state index contributed by atoms with van der Waals surface area (Å²) >= 11 is 0. The lowest BCUT2D eigenvalue weighted by Gasteiger charge is -2.16. The van der Waals surface area contributed by atoms with Gasteiger partial charge in [-0.25, -0.2) is 4.98 Å². The van der Waals surface area contributed by atoms with E-state index in [1.807, 2.05) is 0 Å². The van der Waals surface area contributed by atoms with Gasteiger partial charge in [-0.15, -0.1) is 0 Å². The molecule has 2 N–H and O–H groups in total. The van der Waals surface area contributed by atoms with Crippen molar-refractivity contribution in [3.8, 4) is 0 Å². The predicted molar refractivity (Wildman–Crippen MR) is 79.3 cm³/mol. The Morgan fingerprint density at radius 3 is 2.58 bits per heavy atom. The first-order valence-corrected chi connectivity index (χ1v) is 7.07. The number of nitrogen functional groups attached to an aromatic ring is 1. The van der Waals surface area contributed by atoms with Crippen LogP contribution in [0.25, 0.3) is 11.0 Å². The minimum atomic E-state index is 0.638. The van der Waals surface area contributed by atoms with Crippen molar-refractivity contribution in [3.63, 3.8) is 0 Å². The average molecular weight is 258 g/mol. The molecule has 4 nitrogen and oxygen atoms in total. The van der Waals surface area contributed by atoms with Gasteiger partial charge >= 0.3 is 0 Å². The van der Waals surface area contributed by atoms with Crippen LogP contribution >= 0.6 is 0 Å². The molecule has 1 aliphatic carbocycles. The van der Waals surface area contributed by atoms with Crippen LogP contribution in [0.2, 0.25) is 0 Å². The Kier molecular flexibility index (Phi) is 3.19. The Hall–Kier alpha value is -1.55. The Bertz CT molecular complexity index is 598. The second-order valence-corrected chi connectivity index (χ2v) is 5.74. The number of imidazole rings is 1. The number of nitrogens with two attached hydrogens (primary N) is 1. The van der Waals surface area contributed by atoms with Gasteiger partial charge in [0.2, 0.25) is 5.95 Å². The summed E-state index contributed by atoms with van der Waals surface area (Å²) in [6, 6.07) is 4.55. The summed E-state index contributed by atoms with van der Waals surface area (Å²) in [5.41, 5.74) is 11.3. The van der Waals surface area contributed by atoms with E-state index in [-0.39, 0.29) is 0 Å². The minimum absolute atomic E-state index is 0.638. The summed E-state index contributed by atoms with van der Waals surface area (Å²) in [6.07, 6.45) is 4.99. The lowest BCUT2D eigenvalue weighted by Crippen LogP contribution is -2.19. The van der Waals surface area contributed by atoms with Gasteiger partial charge in [-0.05, 0) is 63.0 Å². The van der Waals surface area contributed by atoms with Gasteiger partial charge in [-0.2, -0.15) is 0 Å². The highest BCUT2D eigenvalue weighted by Crippen LogP contribution is 2.27. The standard InChI is InChI=1S/C15H22N4/c1-18(2)7-8-19-14-10-12-6-4-3-5-11(12)9-13(14)17-15(19)16/h9-10H,3-8H2,1-2H3,(H2,16,17). The molecule has 19 heavy (non-hydrogen) atoms. The lowest BCUT2D eigenvalue weighted by atomic mass is 9.91. The van der Waals surface area contributed by atoms with Gasteiger partial charge in [-0.3, -0.25) is 0 Å².